The summed E-state index contributed by atoms with van der Waals surface area (Å²) in [5.74, 6) is 0.821. The smallest absolute Gasteiger partial charge is 0.254 e. The van der Waals surface area contributed by atoms with Crippen LogP contribution < -0.4 is 5.73 Å². The molecular formula is C19H27Cl2N3OS. The number of amides is 1. The lowest BCUT2D eigenvalue weighted by Crippen LogP contribution is -2.41. The van der Waals surface area contributed by atoms with Crippen molar-refractivity contribution >= 4 is 54.1 Å². The van der Waals surface area contributed by atoms with Gasteiger partial charge in [0.1, 0.15) is 0 Å². The van der Waals surface area contributed by atoms with E-state index in [1.807, 2.05) is 35.2 Å². The second-order valence-electron chi connectivity index (χ2n) is 6.42. The van der Waals surface area contributed by atoms with Crippen LogP contribution in [0.15, 0.2) is 42.5 Å². The first kappa shape index (κ1) is 23.1. The van der Waals surface area contributed by atoms with Gasteiger partial charge < -0.3 is 10.6 Å². The highest BCUT2D eigenvalue weighted by Crippen LogP contribution is 2.20. The predicted molar refractivity (Wildman–Crippen MR) is 117 cm³/mol. The highest BCUT2D eigenvalue weighted by atomic mass is 35.5. The summed E-state index contributed by atoms with van der Waals surface area (Å²) in [6, 6.07) is 14.1. The van der Waals surface area contributed by atoms with Crippen LogP contribution in [0.25, 0.3) is 10.8 Å². The van der Waals surface area contributed by atoms with E-state index in [1.54, 1.807) is 0 Å². The third kappa shape index (κ3) is 5.51. The third-order valence-corrected chi connectivity index (χ3v) is 5.09. The minimum atomic E-state index is 0. The van der Waals surface area contributed by atoms with Crippen molar-refractivity contribution in [2.75, 3.05) is 38.5 Å². The Hall–Kier alpha value is -0.980. The average molecular weight is 416 g/mol. The van der Waals surface area contributed by atoms with Crippen LogP contribution >= 0.6 is 37.4 Å². The van der Waals surface area contributed by atoms with Crippen LogP contribution in [0.4, 0.5) is 0 Å². The number of hydrogen-bond donors (Lipinski definition) is 2. The Morgan fingerprint density at radius 3 is 2.54 bits per heavy atom. The van der Waals surface area contributed by atoms with Crippen LogP contribution in [-0.4, -0.2) is 60.2 Å². The van der Waals surface area contributed by atoms with Gasteiger partial charge in [-0.15, -0.1) is 24.8 Å². The molecule has 0 saturated carbocycles. The lowest BCUT2D eigenvalue weighted by molar-refractivity contribution is 0.0763. The molecule has 4 nitrogen and oxygen atoms in total. The maximum atomic E-state index is 13.0. The van der Waals surface area contributed by atoms with E-state index < -0.39 is 0 Å². The molecule has 144 valence electrons. The second-order valence-corrected chi connectivity index (χ2v) is 6.78. The minimum Gasteiger partial charge on any atom is -0.337 e. The third-order valence-electron chi connectivity index (χ3n) is 4.62. The lowest BCUT2D eigenvalue weighted by atomic mass is 10.0. The number of fused-ring (bicyclic) bond motifs is 1. The number of halogens is 2. The van der Waals surface area contributed by atoms with Gasteiger partial charge in [-0.2, -0.15) is 12.6 Å². The fourth-order valence-corrected chi connectivity index (χ4v) is 3.44. The van der Waals surface area contributed by atoms with Crippen LogP contribution in [-0.2, 0) is 0 Å². The van der Waals surface area contributed by atoms with Gasteiger partial charge in [0.05, 0.1) is 0 Å². The zero-order chi connectivity index (χ0) is 16.9. The van der Waals surface area contributed by atoms with Crippen LogP contribution in [0.3, 0.4) is 0 Å². The molecule has 1 heterocycles. The number of benzene rings is 2. The standard InChI is InChI=1S/C19H25N3OS.2ClH/c20-16(14-24)13-21-9-4-10-22(12-11-21)19(23)18-8-3-6-15-5-1-2-7-17(15)18;;/h1-3,5-8,16,24H,4,9-14,20H2;2*1H. The molecular weight excluding hydrogens is 389 g/mol. The van der Waals surface area contributed by atoms with E-state index in [4.69, 9.17) is 5.73 Å². The average Bonchev–Trinajstić information content (AvgIpc) is 2.86. The molecule has 1 fully saturated rings. The quantitative estimate of drug-likeness (QED) is 0.754. The molecule has 1 aliphatic rings. The summed E-state index contributed by atoms with van der Waals surface area (Å²) in [5.41, 5.74) is 6.80. The van der Waals surface area contributed by atoms with Gasteiger partial charge in [-0.3, -0.25) is 9.69 Å². The number of carbonyl (C=O) groups is 1. The Kier molecular flexibility index (Phi) is 9.75. The number of thiol groups is 1. The molecule has 1 amide bonds. The Labute approximate surface area is 173 Å². The van der Waals surface area contributed by atoms with Gasteiger partial charge in [-0.05, 0) is 29.8 Å². The number of carbonyl (C=O) groups excluding carboxylic acids is 1. The molecule has 0 spiro atoms. The van der Waals surface area contributed by atoms with Gasteiger partial charge in [0.25, 0.3) is 5.91 Å². The van der Waals surface area contributed by atoms with E-state index in [1.165, 1.54) is 0 Å². The minimum absolute atomic E-state index is 0. The summed E-state index contributed by atoms with van der Waals surface area (Å²) in [6.45, 7) is 4.26. The molecule has 0 radical (unpaired) electrons. The van der Waals surface area contributed by atoms with Gasteiger partial charge in [-0.1, -0.05) is 36.4 Å². The van der Waals surface area contributed by atoms with E-state index in [0.717, 1.165) is 55.5 Å². The molecule has 2 N–H and O–H groups in total. The Bertz CT molecular complexity index is 711. The van der Waals surface area contributed by atoms with Crippen molar-refractivity contribution in [3.8, 4) is 0 Å². The van der Waals surface area contributed by atoms with Crippen molar-refractivity contribution in [1.82, 2.24) is 9.80 Å². The fourth-order valence-electron chi connectivity index (χ4n) is 3.33. The van der Waals surface area contributed by atoms with Gasteiger partial charge in [-0.25, -0.2) is 0 Å². The highest BCUT2D eigenvalue weighted by molar-refractivity contribution is 7.80. The van der Waals surface area contributed by atoms with Crippen molar-refractivity contribution in [3.63, 3.8) is 0 Å². The molecule has 0 aromatic heterocycles. The summed E-state index contributed by atoms with van der Waals surface area (Å²) in [6.07, 6.45) is 0.982. The maximum Gasteiger partial charge on any atom is 0.254 e. The lowest BCUT2D eigenvalue weighted by Gasteiger charge is -2.24. The first-order valence-corrected chi connectivity index (χ1v) is 9.18. The fraction of sp³-hybridized carbons (Fsp3) is 0.421. The SMILES string of the molecule is Cl.Cl.NC(CS)CN1CCCN(C(=O)c2cccc3ccccc23)CC1. The predicted octanol–water partition coefficient (Wildman–Crippen LogP) is 3.09. The molecule has 0 aliphatic carbocycles. The number of rotatable bonds is 4. The van der Waals surface area contributed by atoms with Crippen LogP contribution in [0, 0.1) is 0 Å². The summed E-state index contributed by atoms with van der Waals surface area (Å²) >= 11 is 4.26. The van der Waals surface area contributed by atoms with E-state index in [9.17, 15) is 4.79 Å². The first-order valence-electron chi connectivity index (χ1n) is 8.55. The topological polar surface area (TPSA) is 49.6 Å². The number of hydrogen-bond acceptors (Lipinski definition) is 4. The summed E-state index contributed by atoms with van der Waals surface area (Å²) < 4.78 is 0. The Morgan fingerprint density at radius 1 is 1.04 bits per heavy atom. The molecule has 1 atom stereocenters. The van der Waals surface area contributed by atoms with Crippen LogP contribution in [0.5, 0.6) is 0 Å². The maximum absolute atomic E-state index is 13.0. The van der Waals surface area contributed by atoms with E-state index >= 15 is 0 Å². The first-order chi connectivity index (χ1) is 11.7. The summed E-state index contributed by atoms with van der Waals surface area (Å²) in [5, 5.41) is 2.14. The zero-order valence-corrected chi connectivity index (χ0v) is 17.2. The van der Waals surface area contributed by atoms with Crippen molar-refractivity contribution in [1.29, 1.82) is 0 Å². The molecule has 26 heavy (non-hydrogen) atoms. The second kappa shape index (κ2) is 11.0. The molecule has 2 aromatic carbocycles. The van der Waals surface area contributed by atoms with Gasteiger partial charge in [0.2, 0.25) is 0 Å². The van der Waals surface area contributed by atoms with E-state index in [0.29, 0.717) is 5.75 Å². The molecule has 1 saturated heterocycles. The largest absolute Gasteiger partial charge is 0.337 e. The summed E-state index contributed by atoms with van der Waals surface area (Å²) in [4.78, 5) is 17.3. The molecule has 0 bridgehead atoms. The van der Waals surface area contributed by atoms with Crippen molar-refractivity contribution in [2.45, 2.75) is 12.5 Å². The zero-order valence-electron chi connectivity index (χ0n) is 14.7. The van der Waals surface area contributed by atoms with Crippen molar-refractivity contribution in [2.24, 2.45) is 5.73 Å². The Morgan fingerprint density at radius 2 is 1.77 bits per heavy atom. The molecule has 2 aromatic rings. The number of nitrogens with two attached hydrogens (primary N) is 1. The van der Waals surface area contributed by atoms with Crippen LogP contribution in [0.1, 0.15) is 16.8 Å². The van der Waals surface area contributed by atoms with Gasteiger partial charge >= 0.3 is 0 Å². The molecule has 1 aliphatic heterocycles. The normalized spacial score (nSPS) is 16.3. The van der Waals surface area contributed by atoms with Crippen LogP contribution in [0.2, 0.25) is 0 Å². The molecule has 3 rings (SSSR count). The van der Waals surface area contributed by atoms with Crippen molar-refractivity contribution in [3.05, 3.63) is 48.0 Å². The monoisotopic (exact) mass is 415 g/mol. The highest BCUT2D eigenvalue weighted by Gasteiger charge is 2.22. The summed E-state index contributed by atoms with van der Waals surface area (Å²) in [7, 11) is 0. The number of nitrogens with zero attached hydrogens (tertiary/aromatic N) is 2. The van der Waals surface area contributed by atoms with E-state index in [-0.39, 0.29) is 36.8 Å². The molecule has 7 heteroatoms. The van der Waals surface area contributed by atoms with Gasteiger partial charge in [0.15, 0.2) is 0 Å². The Balaban J connectivity index is 0.00000169. The van der Waals surface area contributed by atoms with Crippen molar-refractivity contribution < 1.29 is 4.79 Å². The van der Waals surface area contributed by atoms with E-state index in [2.05, 4.69) is 29.7 Å². The molecule has 1 unspecified atom stereocenters. The van der Waals surface area contributed by atoms with Gasteiger partial charge in [0, 0.05) is 43.5 Å².